The Hall–Kier alpha value is -3.86. The molecule has 4 aromatic rings. The summed E-state index contributed by atoms with van der Waals surface area (Å²) in [7, 11) is 0. The van der Waals surface area contributed by atoms with Crippen LogP contribution in [0.3, 0.4) is 0 Å². The van der Waals surface area contributed by atoms with Crippen LogP contribution in [0.1, 0.15) is 22.3 Å². The SMILES string of the molecule is c1ccc(C(=C(c2ccccc2)c2ccc(N3CCOCC3)cc2)c2ccc(N3CCOCC3)cc2)cc1. The molecule has 0 aromatic heterocycles. The summed E-state index contributed by atoms with van der Waals surface area (Å²) in [6.07, 6.45) is 0. The van der Waals surface area contributed by atoms with E-state index >= 15 is 0 Å². The molecule has 2 heterocycles. The predicted octanol–water partition coefficient (Wildman–Crippen LogP) is 6.37. The van der Waals surface area contributed by atoms with Crippen LogP contribution < -0.4 is 9.80 Å². The number of anilines is 2. The van der Waals surface area contributed by atoms with Crippen LogP contribution in [0.15, 0.2) is 109 Å². The van der Waals surface area contributed by atoms with Gasteiger partial charge in [-0.2, -0.15) is 0 Å². The molecule has 0 amide bonds. The summed E-state index contributed by atoms with van der Waals surface area (Å²) < 4.78 is 11.1. The van der Waals surface area contributed by atoms with E-state index in [4.69, 9.17) is 9.47 Å². The highest BCUT2D eigenvalue weighted by molar-refractivity contribution is 6.04. The predicted molar refractivity (Wildman–Crippen MR) is 157 cm³/mol. The van der Waals surface area contributed by atoms with Crippen LogP contribution >= 0.6 is 0 Å². The third kappa shape index (κ3) is 5.38. The quantitative estimate of drug-likeness (QED) is 0.286. The number of rotatable bonds is 6. The Morgan fingerprint density at radius 3 is 1.05 bits per heavy atom. The van der Waals surface area contributed by atoms with Crippen molar-refractivity contribution >= 4 is 22.5 Å². The van der Waals surface area contributed by atoms with E-state index in [1.165, 1.54) is 44.8 Å². The van der Waals surface area contributed by atoms with Crippen molar-refractivity contribution in [2.45, 2.75) is 0 Å². The van der Waals surface area contributed by atoms with E-state index in [1.54, 1.807) is 0 Å². The molecule has 6 rings (SSSR count). The molecule has 4 heteroatoms. The van der Waals surface area contributed by atoms with Gasteiger partial charge in [-0.1, -0.05) is 84.9 Å². The number of nitrogens with zero attached hydrogens (tertiary/aromatic N) is 2. The van der Waals surface area contributed by atoms with E-state index in [-0.39, 0.29) is 0 Å². The van der Waals surface area contributed by atoms with Gasteiger partial charge in [-0.05, 0) is 57.7 Å². The van der Waals surface area contributed by atoms with Crippen LogP contribution in [0.25, 0.3) is 11.1 Å². The van der Waals surface area contributed by atoms with Gasteiger partial charge in [-0.15, -0.1) is 0 Å². The lowest BCUT2D eigenvalue weighted by atomic mass is 9.85. The summed E-state index contributed by atoms with van der Waals surface area (Å²) >= 11 is 0. The lowest BCUT2D eigenvalue weighted by Crippen LogP contribution is -2.36. The fraction of sp³-hybridized carbons (Fsp3) is 0.235. The van der Waals surface area contributed by atoms with E-state index in [2.05, 4.69) is 119 Å². The molecule has 0 unspecified atom stereocenters. The van der Waals surface area contributed by atoms with Crippen molar-refractivity contribution in [3.8, 4) is 0 Å². The fourth-order valence-electron chi connectivity index (χ4n) is 5.44. The van der Waals surface area contributed by atoms with Crippen LogP contribution in [0.2, 0.25) is 0 Å². The lowest BCUT2D eigenvalue weighted by Gasteiger charge is -2.29. The highest BCUT2D eigenvalue weighted by atomic mass is 16.5. The molecular weight excluding hydrogens is 468 g/mol. The van der Waals surface area contributed by atoms with Gasteiger partial charge in [0.15, 0.2) is 0 Å². The van der Waals surface area contributed by atoms with E-state index in [0.29, 0.717) is 0 Å². The monoisotopic (exact) mass is 502 g/mol. The molecule has 0 radical (unpaired) electrons. The molecule has 2 aliphatic rings. The summed E-state index contributed by atoms with van der Waals surface area (Å²) in [5, 5.41) is 0. The molecule has 0 aliphatic carbocycles. The van der Waals surface area contributed by atoms with Crippen LogP contribution in [0.5, 0.6) is 0 Å². The first-order valence-electron chi connectivity index (χ1n) is 13.6. The Balaban J connectivity index is 1.48. The van der Waals surface area contributed by atoms with E-state index in [0.717, 1.165) is 52.6 Å². The molecule has 4 nitrogen and oxygen atoms in total. The van der Waals surface area contributed by atoms with E-state index < -0.39 is 0 Å². The summed E-state index contributed by atoms with van der Waals surface area (Å²) in [5.41, 5.74) is 9.83. The van der Waals surface area contributed by atoms with Crippen molar-refractivity contribution in [3.63, 3.8) is 0 Å². The number of morpholine rings is 2. The average molecular weight is 503 g/mol. The largest absolute Gasteiger partial charge is 0.378 e. The van der Waals surface area contributed by atoms with Crippen molar-refractivity contribution in [1.82, 2.24) is 0 Å². The standard InChI is InChI=1S/C34H34N2O2/c1-3-7-27(8-4-1)33(29-11-15-31(16-12-29)35-19-23-37-24-20-35)34(28-9-5-2-6-10-28)30-13-17-32(18-14-30)36-21-25-38-26-22-36/h1-18H,19-26H2. The first kappa shape index (κ1) is 24.5. The molecule has 0 saturated carbocycles. The van der Waals surface area contributed by atoms with Gasteiger partial charge in [0.1, 0.15) is 0 Å². The van der Waals surface area contributed by atoms with Crippen molar-refractivity contribution in [1.29, 1.82) is 0 Å². The zero-order chi connectivity index (χ0) is 25.6. The topological polar surface area (TPSA) is 24.9 Å². The van der Waals surface area contributed by atoms with Gasteiger partial charge < -0.3 is 19.3 Å². The van der Waals surface area contributed by atoms with Crippen molar-refractivity contribution in [3.05, 3.63) is 131 Å². The Morgan fingerprint density at radius 1 is 0.395 bits per heavy atom. The molecular formula is C34H34N2O2. The number of hydrogen-bond donors (Lipinski definition) is 0. The highest BCUT2D eigenvalue weighted by Crippen LogP contribution is 2.38. The number of benzene rings is 4. The molecule has 2 fully saturated rings. The number of ether oxygens (including phenoxy) is 2. The third-order valence-corrected chi connectivity index (χ3v) is 7.44. The summed E-state index contributed by atoms with van der Waals surface area (Å²) in [6.45, 7) is 6.89. The minimum Gasteiger partial charge on any atom is -0.378 e. The molecule has 0 bridgehead atoms. The van der Waals surface area contributed by atoms with Gasteiger partial charge in [0.25, 0.3) is 0 Å². The summed E-state index contributed by atoms with van der Waals surface area (Å²) in [4.78, 5) is 4.81. The Kier molecular flexibility index (Phi) is 7.52. The second kappa shape index (κ2) is 11.7. The maximum Gasteiger partial charge on any atom is 0.0642 e. The molecule has 0 atom stereocenters. The van der Waals surface area contributed by atoms with Crippen LogP contribution in [0, 0.1) is 0 Å². The smallest absolute Gasteiger partial charge is 0.0642 e. The molecule has 192 valence electrons. The second-order valence-corrected chi connectivity index (χ2v) is 9.77. The maximum atomic E-state index is 5.56. The van der Waals surface area contributed by atoms with Gasteiger partial charge in [0.05, 0.1) is 26.4 Å². The molecule has 2 aliphatic heterocycles. The molecule has 38 heavy (non-hydrogen) atoms. The lowest BCUT2D eigenvalue weighted by molar-refractivity contribution is 0.122. The van der Waals surface area contributed by atoms with Crippen molar-refractivity contribution < 1.29 is 9.47 Å². The number of hydrogen-bond acceptors (Lipinski definition) is 4. The first-order valence-corrected chi connectivity index (χ1v) is 13.6. The van der Waals surface area contributed by atoms with Crippen LogP contribution in [0.4, 0.5) is 11.4 Å². The summed E-state index contributed by atoms with van der Waals surface area (Å²) in [5.74, 6) is 0. The van der Waals surface area contributed by atoms with Gasteiger partial charge in [0.2, 0.25) is 0 Å². The van der Waals surface area contributed by atoms with E-state index in [1.807, 2.05) is 0 Å². The average Bonchev–Trinajstić information content (AvgIpc) is 3.02. The molecule has 0 N–H and O–H groups in total. The minimum absolute atomic E-state index is 0.787. The van der Waals surface area contributed by atoms with Gasteiger partial charge in [-0.25, -0.2) is 0 Å². The Morgan fingerprint density at radius 2 is 0.711 bits per heavy atom. The molecule has 2 saturated heterocycles. The van der Waals surface area contributed by atoms with Crippen LogP contribution in [-0.4, -0.2) is 52.6 Å². The van der Waals surface area contributed by atoms with E-state index in [9.17, 15) is 0 Å². The zero-order valence-electron chi connectivity index (χ0n) is 21.8. The van der Waals surface area contributed by atoms with Crippen molar-refractivity contribution in [2.75, 3.05) is 62.4 Å². The van der Waals surface area contributed by atoms with Crippen LogP contribution in [-0.2, 0) is 9.47 Å². The normalized spacial score (nSPS) is 16.7. The minimum atomic E-state index is 0.787. The molecule has 0 spiro atoms. The second-order valence-electron chi connectivity index (χ2n) is 9.77. The van der Waals surface area contributed by atoms with Crippen molar-refractivity contribution in [2.24, 2.45) is 0 Å². The first-order chi connectivity index (χ1) is 18.9. The zero-order valence-corrected chi connectivity index (χ0v) is 21.8. The highest BCUT2D eigenvalue weighted by Gasteiger charge is 2.18. The van der Waals surface area contributed by atoms with Gasteiger partial charge >= 0.3 is 0 Å². The van der Waals surface area contributed by atoms with Gasteiger partial charge in [-0.3, -0.25) is 0 Å². The molecule has 4 aromatic carbocycles. The summed E-state index contributed by atoms with van der Waals surface area (Å²) in [6, 6.07) is 39.7. The van der Waals surface area contributed by atoms with Gasteiger partial charge in [0, 0.05) is 37.6 Å². The Bertz CT molecular complexity index is 1230. The third-order valence-electron chi connectivity index (χ3n) is 7.44. The fourth-order valence-corrected chi connectivity index (χ4v) is 5.44. The Labute approximate surface area is 225 Å². The maximum absolute atomic E-state index is 5.56.